The highest BCUT2D eigenvalue weighted by Crippen LogP contribution is 2.45. The fourth-order valence-electron chi connectivity index (χ4n) is 1.29. The summed E-state index contributed by atoms with van der Waals surface area (Å²) >= 11 is 0. The number of rotatable bonds is 1. The average molecular weight is 151 g/mol. The predicted molar refractivity (Wildman–Crippen MR) is 38.5 cm³/mol. The van der Waals surface area contributed by atoms with Crippen LogP contribution in [0, 0.1) is 5.82 Å². The average Bonchev–Trinajstić information content (AvgIpc) is 2.70. The van der Waals surface area contributed by atoms with Crippen LogP contribution in [0.5, 0.6) is 5.75 Å². The van der Waals surface area contributed by atoms with Gasteiger partial charge in [-0.05, 0) is 30.9 Å². The Morgan fingerprint density at radius 3 is 2.64 bits per heavy atom. The van der Waals surface area contributed by atoms with Gasteiger partial charge in [0.15, 0.2) is 5.75 Å². The Hall–Kier alpha value is -1.05. The molecule has 0 aromatic heterocycles. The van der Waals surface area contributed by atoms with Gasteiger partial charge >= 0.3 is 0 Å². The molecular formula is C9H8FO. The molecule has 0 amide bonds. The van der Waals surface area contributed by atoms with Crippen LogP contribution >= 0.6 is 0 Å². The topological polar surface area (TPSA) is 19.9 Å². The maximum absolute atomic E-state index is 12.9. The lowest BCUT2D eigenvalue weighted by Gasteiger charge is -1.99. The third-order valence-electron chi connectivity index (χ3n) is 2.00. The van der Waals surface area contributed by atoms with E-state index in [0.717, 1.165) is 12.8 Å². The van der Waals surface area contributed by atoms with E-state index in [4.69, 9.17) is 0 Å². The van der Waals surface area contributed by atoms with Crippen molar-refractivity contribution in [3.63, 3.8) is 0 Å². The largest absolute Gasteiger partial charge is 0.290 e. The molecule has 11 heavy (non-hydrogen) atoms. The molecular weight excluding hydrogens is 143 g/mol. The van der Waals surface area contributed by atoms with Gasteiger partial charge in [-0.2, -0.15) is 0 Å². The SMILES string of the molecule is [O]c1cccc(F)c1C1CC1. The molecule has 1 aliphatic carbocycles. The maximum Gasteiger partial charge on any atom is 0.185 e. The molecule has 0 saturated heterocycles. The van der Waals surface area contributed by atoms with Crippen molar-refractivity contribution in [1.82, 2.24) is 0 Å². The van der Waals surface area contributed by atoms with Crippen molar-refractivity contribution in [2.75, 3.05) is 0 Å². The van der Waals surface area contributed by atoms with E-state index in [9.17, 15) is 9.50 Å². The summed E-state index contributed by atoms with van der Waals surface area (Å²) in [4.78, 5) is 0. The molecule has 1 aromatic carbocycles. The van der Waals surface area contributed by atoms with Gasteiger partial charge in [-0.3, -0.25) is 5.11 Å². The van der Waals surface area contributed by atoms with Crippen LogP contribution in [0.15, 0.2) is 18.2 Å². The van der Waals surface area contributed by atoms with Crippen molar-refractivity contribution in [2.45, 2.75) is 18.8 Å². The van der Waals surface area contributed by atoms with Gasteiger partial charge in [-0.15, -0.1) is 0 Å². The van der Waals surface area contributed by atoms with Gasteiger partial charge in [0.1, 0.15) is 5.82 Å². The third kappa shape index (κ3) is 1.09. The molecule has 2 heteroatoms. The first-order chi connectivity index (χ1) is 5.29. The van der Waals surface area contributed by atoms with E-state index in [2.05, 4.69) is 0 Å². The molecule has 1 aliphatic rings. The first-order valence-electron chi connectivity index (χ1n) is 3.74. The highest BCUT2D eigenvalue weighted by molar-refractivity contribution is 5.38. The van der Waals surface area contributed by atoms with E-state index in [1.165, 1.54) is 18.2 Å². The molecule has 0 heterocycles. The van der Waals surface area contributed by atoms with Crippen LogP contribution in [-0.4, -0.2) is 0 Å². The Labute approximate surface area is 64.5 Å². The van der Waals surface area contributed by atoms with Crippen LogP contribution in [0.1, 0.15) is 24.3 Å². The molecule has 0 atom stereocenters. The molecule has 1 radical (unpaired) electrons. The summed E-state index contributed by atoms with van der Waals surface area (Å²) in [6.07, 6.45) is 1.94. The fourth-order valence-corrected chi connectivity index (χ4v) is 1.29. The van der Waals surface area contributed by atoms with E-state index in [1.54, 1.807) is 0 Å². The minimum absolute atomic E-state index is 0.146. The standard InChI is InChI=1S/C9H8FO/c10-7-2-1-3-8(11)9(7)6-4-5-6/h1-3,6H,4-5H2. The molecule has 1 aromatic rings. The van der Waals surface area contributed by atoms with Crippen LogP contribution in [0.4, 0.5) is 4.39 Å². The van der Waals surface area contributed by atoms with Crippen molar-refractivity contribution < 1.29 is 9.50 Å². The summed E-state index contributed by atoms with van der Waals surface area (Å²) in [7, 11) is 0. The summed E-state index contributed by atoms with van der Waals surface area (Å²) in [5.41, 5.74) is 0.396. The van der Waals surface area contributed by atoms with Gasteiger partial charge in [0.25, 0.3) is 0 Å². The number of benzene rings is 1. The lowest BCUT2D eigenvalue weighted by atomic mass is 10.1. The smallest absolute Gasteiger partial charge is 0.185 e. The molecule has 0 aliphatic heterocycles. The van der Waals surface area contributed by atoms with Crippen LogP contribution < -0.4 is 0 Å². The molecule has 1 fully saturated rings. The van der Waals surface area contributed by atoms with Crippen molar-refractivity contribution in [2.24, 2.45) is 0 Å². The van der Waals surface area contributed by atoms with E-state index in [1.807, 2.05) is 0 Å². The Morgan fingerprint density at radius 2 is 2.09 bits per heavy atom. The molecule has 1 nitrogen and oxygen atoms in total. The van der Waals surface area contributed by atoms with E-state index < -0.39 is 0 Å². The lowest BCUT2D eigenvalue weighted by molar-refractivity contribution is 0.346. The number of hydrogen-bond donors (Lipinski definition) is 0. The second-order valence-electron chi connectivity index (χ2n) is 2.93. The second kappa shape index (κ2) is 2.22. The summed E-state index contributed by atoms with van der Waals surface area (Å²) < 4.78 is 12.9. The van der Waals surface area contributed by atoms with Crippen molar-refractivity contribution >= 4 is 0 Å². The molecule has 0 N–H and O–H groups in total. The van der Waals surface area contributed by atoms with Crippen molar-refractivity contribution in [1.29, 1.82) is 0 Å². The molecule has 2 rings (SSSR count). The third-order valence-corrected chi connectivity index (χ3v) is 2.00. The van der Waals surface area contributed by atoms with Gasteiger partial charge in [0.05, 0.1) is 0 Å². The van der Waals surface area contributed by atoms with E-state index >= 15 is 0 Å². The summed E-state index contributed by atoms with van der Waals surface area (Å²) in [5.74, 6) is -0.267. The maximum atomic E-state index is 12.9. The normalized spacial score (nSPS) is 16.8. The molecule has 0 spiro atoms. The molecule has 57 valence electrons. The van der Waals surface area contributed by atoms with Crippen LogP contribution in [0.3, 0.4) is 0 Å². The van der Waals surface area contributed by atoms with Crippen molar-refractivity contribution in [3.05, 3.63) is 29.6 Å². The Bertz CT molecular complexity index is 259. The van der Waals surface area contributed by atoms with Crippen LogP contribution in [0.2, 0.25) is 0 Å². The van der Waals surface area contributed by atoms with Gasteiger partial charge < -0.3 is 0 Å². The Kier molecular flexibility index (Phi) is 1.34. The highest BCUT2D eigenvalue weighted by atomic mass is 19.1. The number of halogens is 1. The first-order valence-corrected chi connectivity index (χ1v) is 3.74. The monoisotopic (exact) mass is 151 g/mol. The quantitative estimate of drug-likeness (QED) is 0.588. The first kappa shape index (κ1) is 6.65. The van der Waals surface area contributed by atoms with Gasteiger partial charge in [-0.1, -0.05) is 6.07 Å². The molecule has 1 saturated carbocycles. The summed E-state index contributed by atoms with van der Waals surface area (Å²) in [6.45, 7) is 0. The Balaban J connectivity index is 2.48. The van der Waals surface area contributed by atoms with E-state index in [-0.39, 0.29) is 17.5 Å². The highest BCUT2D eigenvalue weighted by Gasteiger charge is 2.29. The van der Waals surface area contributed by atoms with Gasteiger partial charge in [0.2, 0.25) is 0 Å². The van der Waals surface area contributed by atoms with Crippen LogP contribution in [-0.2, 0) is 5.11 Å². The lowest BCUT2D eigenvalue weighted by Crippen LogP contribution is -1.85. The van der Waals surface area contributed by atoms with E-state index in [0.29, 0.717) is 5.56 Å². The molecule has 0 bridgehead atoms. The zero-order valence-electron chi connectivity index (χ0n) is 6.01. The van der Waals surface area contributed by atoms with Crippen LogP contribution in [0.25, 0.3) is 0 Å². The van der Waals surface area contributed by atoms with Crippen molar-refractivity contribution in [3.8, 4) is 5.75 Å². The van der Waals surface area contributed by atoms with Gasteiger partial charge in [0, 0.05) is 5.56 Å². The minimum Gasteiger partial charge on any atom is -0.290 e. The zero-order valence-corrected chi connectivity index (χ0v) is 6.01. The fraction of sp³-hybridized carbons (Fsp3) is 0.333. The molecule has 0 unspecified atom stereocenters. The Morgan fingerprint density at radius 1 is 1.36 bits per heavy atom. The summed E-state index contributed by atoms with van der Waals surface area (Å²) in [6, 6.07) is 4.25. The second-order valence-corrected chi connectivity index (χ2v) is 2.93. The number of hydrogen-bond acceptors (Lipinski definition) is 0. The van der Waals surface area contributed by atoms with Gasteiger partial charge in [-0.25, -0.2) is 4.39 Å². The predicted octanol–water partition coefficient (Wildman–Crippen LogP) is 2.85. The minimum atomic E-state index is -0.333. The zero-order chi connectivity index (χ0) is 7.84. The summed E-state index contributed by atoms with van der Waals surface area (Å²) in [5, 5.41) is 11.1.